The minimum atomic E-state index is -0.360. The number of hydrogen-bond donors (Lipinski definition) is 1. The summed E-state index contributed by atoms with van der Waals surface area (Å²) in [7, 11) is 0. The van der Waals surface area contributed by atoms with Crippen LogP contribution in [0.3, 0.4) is 0 Å². The van der Waals surface area contributed by atoms with E-state index in [9.17, 15) is 4.79 Å². The van der Waals surface area contributed by atoms with Crippen LogP contribution >= 0.6 is 0 Å². The number of esters is 1. The van der Waals surface area contributed by atoms with Crippen LogP contribution in [0.2, 0.25) is 0 Å². The molecule has 18 heavy (non-hydrogen) atoms. The smallest absolute Gasteiger partial charge is 0.356 e. The fraction of sp³-hybridized carbons (Fsp3) is 0.286. The molecule has 0 bridgehead atoms. The van der Waals surface area contributed by atoms with Crippen LogP contribution in [0.1, 0.15) is 34.4 Å². The molecule has 0 aliphatic carbocycles. The van der Waals surface area contributed by atoms with E-state index in [4.69, 9.17) is 4.74 Å². The minimum absolute atomic E-state index is 0.360. The third kappa shape index (κ3) is 2.77. The van der Waals surface area contributed by atoms with Crippen molar-refractivity contribution in [3.05, 3.63) is 53.1 Å². The summed E-state index contributed by atoms with van der Waals surface area (Å²) >= 11 is 0. The number of H-pyrrole nitrogens is 1. The van der Waals surface area contributed by atoms with Crippen molar-refractivity contribution in [2.75, 3.05) is 6.61 Å². The molecule has 2 aromatic rings. The maximum absolute atomic E-state index is 11.5. The molecule has 1 N–H and O–H groups in total. The molecule has 1 aromatic carbocycles. The molecule has 0 spiro atoms. The number of imidazole rings is 1. The monoisotopic (exact) mass is 244 g/mol. The van der Waals surface area contributed by atoms with Gasteiger partial charge in [-0.1, -0.05) is 24.3 Å². The predicted octanol–water partition coefficient (Wildman–Crippen LogP) is 2.49. The quantitative estimate of drug-likeness (QED) is 0.841. The lowest BCUT2D eigenvalue weighted by molar-refractivity contribution is 0.0520. The zero-order valence-corrected chi connectivity index (χ0v) is 10.6. The highest BCUT2D eigenvalue weighted by Gasteiger charge is 2.10. The van der Waals surface area contributed by atoms with Crippen LogP contribution in [0.5, 0.6) is 0 Å². The Morgan fingerprint density at radius 1 is 1.39 bits per heavy atom. The molecule has 1 aromatic heterocycles. The maximum Gasteiger partial charge on any atom is 0.356 e. The highest BCUT2D eigenvalue weighted by atomic mass is 16.5. The molecular weight excluding hydrogens is 228 g/mol. The Bertz CT molecular complexity index is 546. The Labute approximate surface area is 106 Å². The van der Waals surface area contributed by atoms with Gasteiger partial charge in [0.05, 0.1) is 12.8 Å². The molecule has 0 saturated heterocycles. The number of aryl methyl sites for hydroxylation is 1. The van der Waals surface area contributed by atoms with Gasteiger partial charge in [0.25, 0.3) is 0 Å². The number of nitrogens with one attached hydrogen (secondary N) is 1. The molecule has 4 heteroatoms. The van der Waals surface area contributed by atoms with Crippen molar-refractivity contribution in [3.8, 4) is 0 Å². The van der Waals surface area contributed by atoms with E-state index >= 15 is 0 Å². The number of aromatic nitrogens is 2. The van der Waals surface area contributed by atoms with Crippen LogP contribution in [0, 0.1) is 6.92 Å². The first-order valence-corrected chi connectivity index (χ1v) is 5.96. The van der Waals surface area contributed by atoms with Crippen molar-refractivity contribution in [1.82, 2.24) is 9.97 Å². The summed E-state index contributed by atoms with van der Waals surface area (Å²) < 4.78 is 4.91. The number of benzene rings is 1. The molecule has 0 atom stereocenters. The second-order valence-corrected chi connectivity index (χ2v) is 4.07. The van der Waals surface area contributed by atoms with Crippen LogP contribution in [-0.2, 0) is 11.2 Å². The van der Waals surface area contributed by atoms with Crippen LogP contribution in [0.25, 0.3) is 0 Å². The molecular formula is C14H16N2O2. The van der Waals surface area contributed by atoms with Gasteiger partial charge in [-0.2, -0.15) is 0 Å². The van der Waals surface area contributed by atoms with E-state index < -0.39 is 0 Å². The van der Waals surface area contributed by atoms with E-state index in [1.165, 1.54) is 17.3 Å². The summed E-state index contributed by atoms with van der Waals surface area (Å²) in [4.78, 5) is 18.7. The third-order valence-corrected chi connectivity index (χ3v) is 2.74. The summed E-state index contributed by atoms with van der Waals surface area (Å²) in [5.74, 6) is 0.411. The van der Waals surface area contributed by atoms with Gasteiger partial charge in [-0.05, 0) is 25.0 Å². The van der Waals surface area contributed by atoms with Gasteiger partial charge in [0.1, 0.15) is 11.5 Å². The Balaban J connectivity index is 2.12. The van der Waals surface area contributed by atoms with Crippen molar-refractivity contribution >= 4 is 5.97 Å². The van der Waals surface area contributed by atoms with Crippen LogP contribution < -0.4 is 0 Å². The lowest BCUT2D eigenvalue weighted by Gasteiger charge is -2.02. The van der Waals surface area contributed by atoms with Gasteiger partial charge in [-0.3, -0.25) is 0 Å². The fourth-order valence-corrected chi connectivity index (χ4v) is 1.75. The molecule has 0 aliphatic heterocycles. The number of nitrogens with zero attached hydrogens (tertiary/aromatic N) is 1. The zero-order chi connectivity index (χ0) is 13.0. The number of hydrogen-bond acceptors (Lipinski definition) is 3. The lowest BCUT2D eigenvalue weighted by Crippen LogP contribution is -2.05. The first kappa shape index (κ1) is 12.4. The number of ether oxygens (including phenoxy) is 1. The first-order valence-electron chi connectivity index (χ1n) is 5.96. The molecule has 0 radical (unpaired) electrons. The number of rotatable bonds is 4. The zero-order valence-electron chi connectivity index (χ0n) is 10.6. The van der Waals surface area contributed by atoms with Gasteiger partial charge in [0.15, 0.2) is 0 Å². The summed E-state index contributed by atoms with van der Waals surface area (Å²) in [5, 5.41) is 0. The highest BCUT2D eigenvalue weighted by Crippen LogP contribution is 2.11. The molecule has 0 saturated carbocycles. The molecule has 4 nitrogen and oxygen atoms in total. The average molecular weight is 244 g/mol. The molecule has 0 fully saturated rings. The Morgan fingerprint density at radius 3 is 2.89 bits per heavy atom. The average Bonchev–Trinajstić information content (AvgIpc) is 2.81. The largest absolute Gasteiger partial charge is 0.461 e. The SMILES string of the molecule is CCOC(=O)c1cnc(Cc2ccccc2C)[nH]1. The summed E-state index contributed by atoms with van der Waals surface area (Å²) in [5.41, 5.74) is 2.81. The highest BCUT2D eigenvalue weighted by molar-refractivity contribution is 5.86. The van der Waals surface area contributed by atoms with E-state index in [1.54, 1.807) is 6.92 Å². The topological polar surface area (TPSA) is 55.0 Å². The van der Waals surface area contributed by atoms with E-state index in [-0.39, 0.29) is 5.97 Å². The molecule has 94 valence electrons. The van der Waals surface area contributed by atoms with Crippen LogP contribution in [0.15, 0.2) is 30.5 Å². The molecule has 1 heterocycles. The van der Waals surface area contributed by atoms with Crippen LogP contribution in [0.4, 0.5) is 0 Å². The van der Waals surface area contributed by atoms with E-state index in [1.807, 2.05) is 12.1 Å². The van der Waals surface area contributed by atoms with Crippen molar-refractivity contribution in [2.24, 2.45) is 0 Å². The Kier molecular flexibility index (Phi) is 3.77. The fourth-order valence-electron chi connectivity index (χ4n) is 1.75. The number of carbonyl (C=O) groups excluding carboxylic acids is 1. The van der Waals surface area contributed by atoms with Crippen molar-refractivity contribution in [2.45, 2.75) is 20.3 Å². The van der Waals surface area contributed by atoms with Crippen molar-refractivity contribution < 1.29 is 9.53 Å². The normalized spacial score (nSPS) is 10.3. The lowest BCUT2D eigenvalue weighted by atomic mass is 10.1. The van der Waals surface area contributed by atoms with Gasteiger partial charge in [0, 0.05) is 6.42 Å². The third-order valence-electron chi connectivity index (χ3n) is 2.74. The first-order chi connectivity index (χ1) is 8.70. The van der Waals surface area contributed by atoms with Gasteiger partial charge < -0.3 is 9.72 Å². The van der Waals surface area contributed by atoms with E-state index in [0.29, 0.717) is 18.7 Å². The van der Waals surface area contributed by atoms with Gasteiger partial charge in [-0.15, -0.1) is 0 Å². The van der Waals surface area contributed by atoms with Gasteiger partial charge in [-0.25, -0.2) is 9.78 Å². The molecule has 0 unspecified atom stereocenters. The standard InChI is InChI=1S/C14H16N2O2/c1-3-18-14(17)12-9-15-13(16-12)8-11-7-5-4-6-10(11)2/h4-7,9H,3,8H2,1-2H3,(H,15,16). The summed E-state index contributed by atoms with van der Waals surface area (Å²) in [6.45, 7) is 4.21. The molecule has 0 aliphatic rings. The molecule has 2 rings (SSSR count). The number of carbonyl (C=O) groups is 1. The van der Waals surface area contributed by atoms with E-state index in [0.717, 1.165) is 5.82 Å². The van der Waals surface area contributed by atoms with Crippen molar-refractivity contribution in [3.63, 3.8) is 0 Å². The van der Waals surface area contributed by atoms with Gasteiger partial charge in [0.2, 0.25) is 0 Å². The van der Waals surface area contributed by atoms with Crippen LogP contribution in [-0.4, -0.2) is 22.5 Å². The van der Waals surface area contributed by atoms with Gasteiger partial charge >= 0.3 is 5.97 Å². The Hall–Kier alpha value is -2.10. The molecule has 0 amide bonds. The second kappa shape index (κ2) is 5.49. The predicted molar refractivity (Wildman–Crippen MR) is 68.5 cm³/mol. The Morgan fingerprint density at radius 2 is 2.17 bits per heavy atom. The second-order valence-electron chi connectivity index (χ2n) is 4.07. The summed E-state index contributed by atoms with van der Waals surface area (Å²) in [6.07, 6.45) is 2.21. The van der Waals surface area contributed by atoms with Crippen molar-refractivity contribution in [1.29, 1.82) is 0 Å². The minimum Gasteiger partial charge on any atom is -0.461 e. The maximum atomic E-state index is 11.5. The van der Waals surface area contributed by atoms with E-state index in [2.05, 4.69) is 29.0 Å². The summed E-state index contributed by atoms with van der Waals surface area (Å²) in [6, 6.07) is 8.12. The number of aromatic amines is 1.